The lowest BCUT2D eigenvalue weighted by Gasteiger charge is -2.18. The SMILES string of the molecule is CCc1ccc(CN(C)S(=O)(=O)c2ccc(OCCOC)cc2)cc1. The zero-order chi connectivity index (χ0) is 18.3. The first kappa shape index (κ1) is 19.4. The van der Waals surface area contributed by atoms with Gasteiger partial charge < -0.3 is 9.47 Å². The normalized spacial score (nSPS) is 11.7. The molecule has 5 nitrogen and oxygen atoms in total. The number of nitrogens with zero attached hydrogens (tertiary/aromatic N) is 1. The predicted octanol–water partition coefficient (Wildman–Crippen LogP) is 3.09. The predicted molar refractivity (Wildman–Crippen MR) is 98.3 cm³/mol. The average Bonchev–Trinajstić information content (AvgIpc) is 2.63. The molecule has 0 atom stereocenters. The third-order valence-corrected chi connectivity index (χ3v) is 5.74. The molecule has 2 aromatic rings. The Morgan fingerprint density at radius 3 is 2.08 bits per heavy atom. The largest absolute Gasteiger partial charge is 0.491 e. The Morgan fingerprint density at radius 2 is 1.52 bits per heavy atom. The molecule has 136 valence electrons. The van der Waals surface area contributed by atoms with Gasteiger partial charge >= 0.3 is 0 Å². The van der Waals surface area contributed by atoms with Gasteiger partial charge in [-0.15, -0.1) is 0 Å². The van der Waals surface area contributed by atoms with E-state index in [1.807, 2.05) is 24.3 Å². The lowest BCUT2D eigenvalue weighted by atomic mass is 10.1. The molecule has 0 radical (unpaired) electrons. The van der Waals surface area contributed by atoms with Gasteiger partial charge in [-0.3, -0.25) is 0 Å². The molecule has 0 fully saturated rings. The molecule has 6 heteroatoms. The fraction of sp³-hybridized carbons (Fsp3) is 0.368. The first-order valence-electron chi connectivity index (χ1n) is 8.23. The third-order valence-electron chi connectivity index (χ3n) is 3.92. The summed E-state index contributed by atoms with van der Waals surface area (Å²) in [4.78, 5) is 0.249. The van der Waals surface area contributed by atoms with Crippen molar-refractivity contribution in [3.05, 3.63) is 59.7 Å². The van der Waals surface area contributed by atoms with E-state index in [2.05, 4.69) is 6.92 Å². The van der Waals surface area contributed by atoms with Gasteiger partial charge in [0.05, 0.1) is 11.5 Å². The van der Waals surface area contributed by atoms with Crippen molar-refractivity contribution in [3.63, 3.8) is 0 Å². The van der Waals surface area contributed by atoms with Crippen molar-refractivity contribution in [1.82, 2.24) is 4.31 Å². The molecule has 0 saturated carbocycles. The van der Waals surface area contributed by atoms with Crippen molar-refractivity contribution in [2.24, 2.45) is 0 Å². The molecule has 2 rings (SSSR count). The van der Waals surface area contributed by atoms with Crippen LogP contribution in [0.4, 0.5) is 0 Å². The molecule has 0 aliphatic carbocycles. The number of hydrogen-bond acceptors (Lipinski definition) is 4. The van der Waals surface area contributed by atoms with Crippen LogP contribution < -0.4 is 4.74 Å². The Balaban J connectivity index is 2.05. The maximum absolute atomic E-state index is 12.7. The number of sulfonamides is 1. The van der Waals surface area contributed by atoms with Crippen LogP contribution in [0.15, 0.2) is 53.4 Å². The summed E-state index contributed by atoms with van der Waals surface area (Å²) in [5, 5.41) is 0. The van der Waals surface area contributed by atoms with E-state index < -0.39 is 10.0 Å². The van der Waals surface area contributed by atoms with Gasteiger partial charge in [-0.1, -0.05) is 31.2 Å². The van der Waals surface area contributed by atoms with Crippen molar-refractivity contribution in [1.29, 1.82) is 0 Å². The van der Waals surface area contributed by atoms with Gasteiger partial charge in [0.15, 0.2) is 0 Å². The molecule has 0 amide bonds. The van der Waals surface area contributed by atoms with Crippen molar-refractivity contribution in [3.8, 4) is 5.75 Å². The first-order chi connectivity index (χ1) is 12.0. The van der Waals surface area contributed by atoms with Gasteiger partial charge in [-0.25, -0.2) is 8.42 Å². The molecule has 0 saturated heterocycles. The van der Waals surface area contributed by atoms with Crippen LogP contribution in [0.2, 0.25) is 0 Å². The molecular formula is C19H25NO4S. The Hall–Kier alpha value is -1.89. The molecule has 0 aliphatic heterocycles. The summed E-state index contributed by atoms with van der Waals surface area (Å²) in [6, 6.07) is 14.4. The summed E-state index contributed by atoms with van der Waals surface area (Å²) in [7, 11) is -0.351. The van der Waals surface area contributed by atoms with E-state index in [9.17, 15) is 8.42 Å². The van der Waals surface area contributed by atoms with Gasteiger partial charge in [-0.2, -0.15) is 4.31 Å². The summed E-state index contributed by atoms with van der Waals surface area (Å²) in [5.41, 5.74) is 2.20. The highest BCUT2D eigenvalue weighted by Gasteiger charge is 2.20. The fourth-order valence-corrected chi connectivity index (χ4v) is 3.51. The zero-order valence-corrected chi connectivity index (χ0v) is 15.8. The quantitative estimate of drug-likeness (QED) is 0.643. The zero-order valence-electron chi connectivity index (χ0n) is 14.9. The van der Waals surface area contributed by atoms with E-state index in [-0.39, 0.29) is 4.90 Å². The van der Waals surface area contributed by atoms with Gasteiger partial charge in [0, 0.05) is 20.7 Å². The van der Waals surface area contributed by atoms with Crippen molar-refractivity contribution in [2.75, 3.05) is 27.4 Å². The van der Waals surface area contributed by atoms with E-state index in [4.69, 9.17) is 9.47 Å². The molecular weight excluding hydrogens is 338 g/mol. The Kier molecular flexibility index (Phi) is 6.99. The highest BCUT2D eigenvalue weighted by Crippen LogP contribution is 2.20. The van der Waals surface area contributed by atoms with Crippen molar-refractivity contribution >= 4 is 10.0 Å². The highest BCUT2D eigenvalue weighted by molar-refractivity contribution is 7.89. The number of methoxy groups -OCH3 is 1. The Bertz CT molecular complexity index is 755. The molecule has 0 heterocycles. The first-order valence-corrected chi connectivity index (χ1v) is 9.67. The van der Waals surface area contributed by atoms with Crippen LogP contribution in [0.5, 0.6) is 5.75 Å². The summed E-state index contributed by atoms with van der Waals surface area (Å²) < 4.78 is 37.1. The number of aryl methyl sites for hydroxylation is 1. The maximum Gasteiger partial charge on any atom is 0.243 e. The van der Waals surface area contributed by atoms with Crippen molar-refractivity contribution < 1.29 is 17.9 Å². The second-order valence-corrected chi connectivity index (χ2v) is 7.79. The van der Waals surface area contributed by atoms with Crippen LogP contribution in [-0.4, -0.2) is 40.1 Å². The van der Waals surface area contributed by atoms with Gasteiger partial charge in [0.25, 0.3) is 0 Å². The monoisotopic (exact) mass is 363 g/mol. The topological polar surface area (TPSA) is 55.8 Å². The summed E-state index contributed by atoms with van der Waals surface area (Å²) >= 11 is 0. The molecule has 0 aromatic heterocycles. The summed E-state index contributed by atoms with van der Waals surface area (Å²) in [6.07, 6.45) is 0.965. The minimum Gasteiger partial charge on any atom is -0.491 e. The van der Waals surface area contributed by atoms with Crippen LogP contribution in [0, 0.1) is 0 Å². The molecule has 25 heavy (non-hydrogen) atoms. The Morgan fingerprint density at radius 1 is 0.920 bits per heavy atom. The third kappa shape index (κ3) is 5.29. The fourth-order valence-electron chi connectivity index (χ4n) is 2.35. The molecule has 0 N–H and O–H groups in total. The van der Waals surface area contributed by atoms with Gasteiger partial charge in [0.2, 0.25) is 10.0 Å². The molecule has 0 aliphatic rings. The van der Waals surface area contributed by atoms with Gasteiger partial charge in [0.1, 0.15) is 12.4 Å². The minimum atomic E-state index is -3.54. The smallest absolute Gasteiger partial charge is 0.243 e. The highest BCUT2D eigenvalue weighted by atomic mass is 32.2. The molecule has 0 spiro atoms. The van der Waals surface area contributed by atoms with Gasteiger partial charge in [-0.05, 0) is 41.8 Å². The number of ether oxygens (including phenoxy) is 2. The van der Waals surface area contributed by atoms with Crippen LogP contribution in [-0.2, 0) is 27.7 Å². The summed E-state index contributed by atoms with van der Waals surface area (Å²) in [5.74, 6) is 0.619. The number of benzene rings is 2. The lowest BCUT2D eigenvalue weighted by Crippen LogP contribution is -2.26. The molecule has 0 unspecified atom stereocenters. The number of hydrogen-bond donors (Lipinski definition) is 0. The second kappa shape index (κ2) is 8.99. The number of rotatable bonds is 9. The van der Waals surface area contributed by atoms with E-state index >= 15 is 0 Å². The van der Waals surface area contributed by atoms with E-state index in [1.54, 1.807) is 38.4 Å². The average molecular weight is 363 g/mol. The summed E-state index contributed by atoms with van der Waals surface area (Å²) in [6.45, 7) is 3.34. The van der Waals surface area contributed by atoms with Crippen LogP contribution in [0.25, 0.3) is 0 Å². The van der Waals surface area contributed by atoms with E-state index in [1.165, 1.54) is 9.87 Å². The Labute approximate surface area is 150 Å². The van der Waals surface area contributed by atoms with Crippen LogP contribution in [0.3, 0.4) is 0 Å². The van der Waals surface area contributed by atoms with Crippen molar-refractivity contribution in [2.45, 2.75) is 24.8 Å². The standard InChI is InChI=1S/C19H25NO4S/c1-4-16-5-7-17(8-6-16)15-20(2)25(21,22)19-11-9-18(10-12-19)24-14-13-23-3/h5-12H,4,13-15H2,1-3H3. The molecule has 0 bridgehead atoms. The maximum atomic E-state index is 12.7. The lowest BCUT2D eigenvalue weighted by molar-refractivity contribution is 0.146. The minimum absolute atomic E-state index is 0.249. The van der Waals surface area contributed by atoms with Crippen LogP contribution >= 0.6 is 0 Å². The van der Waals surface area contributed by atoms with Crippen LogP contribution in [0.1, 0.15) is 18.1 Å². The van der Waals surface area contributed by atoms with E-state index in [0.29, 0.717) is 25.5 Å². The molecule has 2 aromatic carbocycles. The second-order valence-electron chi connectivity index (χ2n) is 5.74. The van der Waals surface area contributed by atoms with E-state index in [0.717, 1.165) is 12.0 Å².